The zero-order chi connectivity index (χ0) is 10.8. The Morgan fingerprint density at radius 2 is 2.40 bits per heavy atom. The summed E-state index contributed by atoms with van der Waals surface area (Å²) < 4.78 is 1.86. The number of rotatable bonds is 2. The van der Waals surface area contributed by atoms with Crippen LogP contribution in [0.2, 0.25) is 0 Å². The second kappa shape index (κ2) is 4.33. The maximum Gasteiger partial charge on any atom is 0.0534 e. The molecule has 1 aromatic rings. The Morgan fingerprint density at radius 1 is 1.60 bits per heavy atom. The molecule has 2 atom stereocenters. The van der Waals surface area contributed by atoms with Crippen molar-refractivity contribution < 1.29 is 0 Å². The molecule has 4 nitrogen and oxygen atoms in total. The maximum absolute atomic E-state index is 5.94. The molecule has 0 bridgehead atoms. The molecule has 2 N–H and O–H groups in total. The van der Waals surface area contributed by atoms with Gasteiger partial charge in [0.15, 0.2) is 0 Å². The highest BCUT2D eigenvalue weighted by Crippen LogP contribution is 2.18. The lowest BCUT2D eigenvalue weighted by Gasteiger charge is -2.36. The first-order valence-electron chi connectivity index (χ1n) is 5.62. The van der Waals surface area contributed by atoms with Crippen molar-refractivity contribution in [2.24, 2.45) is 12.8 Å². The quantitative estimate of drug-likeness (QED) is 0.779. The van der Waals surface area contributed by atoms with Crippen LogP contribution in [-0.4, -0.2) is 33.3 Å². The smallest absolute Gasteiger partial charge is 0.0534 e. The Hall–Kier alpha value is -0.870. The highest BCUT2D eigenvalue weighted by Gasteiger charge is 2.23. The van der Waals surface area contributed by atoms with Crippen LogP contribution in [0.3, 0.4) is 0 Å². The van der Waals surface area contributed by atoms with Gasteiger partial charge in [-0.05, 0) is 19.8 Å². The first kappa shape index (κ1) is 10.6. The van der Waals surface area contributed by atoms with Crippen molar-refractivity contribution in [3.63, 3.8) is 0 Å². The van der Waals surface area contributed by atoms with E-state index in [-0.39, 0.29) is 0 Å². The number of hydrogen-bond acceptors (Lipinski definition) is 3. The Bertz CT molecular complexity index is 320. The number of aryl methyl sites for hydroxylation is 1. The molecule has 0 radical (unpaired) electrons. The molecule has 0 amide bonds. The summed E-state index contributed by atoms with van der Waals surface area (Å²) in [5, 5.41) is 4.19. The van der Waals surface area contributed by atoms with Crippen molar-refractivity contribution in [1.29, 1.82) is 0 Å². The molecule has 2 unspecified atom stereocenters. The Balaban J connectivity index is 1.94. The molecule has 1 aliphatic heterocycles. The third-order valence-electron chi connectivity index (χ3n) is 3.20. The molecule has 2 rings (SSSR count). The number of piperidine rings is 1. The van der Waals surface area contributed by atoms with E-state index >= 15 is 0 Å². The fourth-order valence-electron chi connectivity index (χ4n) is 2.28. The topological polar surface area (TPSA) is 47.1 Å². The normalized spacial score (nSPS) is 28.2. The van der Waals surface area contributed by atoms with Crippen LogP contribution in [0.5, 0.6) is 0 Å². The standard InChI is InChI=1S/C11H20N4/c1-9-5-11(12)3-4-15(9)8-10-6-13-14(2)7-10/h6-7,9,11H,3-5,8,12H2,1-2H3. The molecule has 0 saturated carbocycles. The van der Waals surface area contributed by atoms with Gasteiger partial charge in [0.05, 0.1) is 6.20 Å². The highest BCUT2D eigenvalue weighted by molar-refractivity contribution is 5.04. The molecule has 0 aromatic carbocycles. The summed E-state index contributed by atoms with van der Waals surface area (Å²) in [6.45, 7) is 4.37. The van der Waals surface area contributed by atoms with E-state index in [9.17, 15) is 0 Å². The van der Waals surface area contributed by atoms with Crippen molar-refractivity contribution in [1.82, 2.24) is 14.7 Å². The van der Waals surface area contributed by atoms with Gasteiger partial charge in [0.2, 0.25) is 0 Å². The molecular formula is C11H20N4. The number of hydrogen-bond donors (Lipinski definition) is 1. The van der Waals surface area contributed by atoms with Gasteiger partial charge in [-0.15, -0.1) is 0 Å². The average Bonchev–Trinajstić information content (AvgIpc) is 2.56. The van der Waals surface area contributed by atoms with E-state index in [1.807, 2.05) is 17.9 Å². The Kier molecular flexibility index (Phi) is 3.07. The van der Waals surface area contributed by atoms with Crippen molar-refractivity contribution >= 4 is 0 Å². The van der Waals surface area contributed by atoms with Gasteiger partial charge < -0.3 is 5.73 Å². The molecule has 1 saturated heterocycles. The van der Waals surface area contributed by atoms with E-state index in [2.05, 4.69) is 23.1 Å². The van der Waals surface area contributed by atoms with Gasteiger partial charge >= 0.3 is 0 Å². The average molecular weight is 208 g/mol. The molecule has 0 aliphatic carbocycles. The molecule has 1 aromatic heterocycles. The van der Waals surface area contributed by atoms with E-state index < -0.39 is 0 Å². The van der Waals surface area contributed by atoms with E-state index in [0.29, 0.717) is 12.1 Å². The molecular weight excluding hydrogens is 188 g/mol. The number of nitrogens with two attached hydrogens (primary N) is 1. The predicted octanol–water partition coefficient (Wildman–Crippen LogP) is 0.732. The van der Waals surface area contributed by atoms with Crippen molar-refractivity contribution in [2.45, 2.75) is 38.4 Å². The monoisotopic (exact) mass is 208 g/mol. The van der Waals surface area contributed by atoms with Gasteiger partial charge in [0.1, 0.15) is 0 Å². The minimum absolute atomic E-state index is 0.394. The molecule has 4 heteroatoms. The molecule has 1 fully saturated rings. The molecule has 1 aliphatic rings. The highest BCUT2D eigenvalue weighted by atomic mass is 15.2. The van der Waals surface area contributed by atoms with Gasteiger partial charge in [0, 0.05) is 44.0 Å². The summed E-state index contributed by atoms with van der Waals surface area (Å²) in [5.74, 6) is 0. The van der Waals surface area contributed by atoms with Crippen LogP contribution in [0.15, 0.2) is 12.4 Å². The van der Waals surface area contributed by atoms with Crippen LogP contribution in [0, 0.1) is 0 Å². The zero-order valence-corrected chi connectivity index (χ0v) is 9.56. The fraction of sp³-hybridized carbons (Fsp3) is 0.727. The van der Waals surface area contributed by atoms with E-state index in [0.717, 1.165) is 25.9 Å². The van der Waals surface area contributed by atoms with Crippen LogP contribution in [0.25, 0.3) is 0 Å². The van der Waals surface area contributed by atoms with Crippen LogP contribution in [0.4, 0.5) is 0 Å². The summed E-state index contributed by atoms with van der Waals surface area (Å²) in [5.41, 5.74) is 7.23. The lowest BCUT2D eigenvalue weighted by Crippen LogP contribution is -2.44. The van der Waals surface area contributed by atoms with Gasteiger partial charge in [-0.3, -0.25) is 9.58 Å². The molecule has 84 valence electrons. The van der Waals surface area contributed by atoms with Crippen LogP contribution < -0.4 is 5.73 Å². The predicted molar refractivity (Wildman–Crippen MR) is 60.3 cm³/mol. The summed E-state index contributed by atoms with van der Waals surface area (Å²) in [6.07, 6.45) is 6.26. The van der Waals surface area contributed by atoms with E-state index in [1.54, 1.807) is 0 Å². The first-order chi connectivity index (χ1) is 7.15. The van der Waals surface area contributed by atoms with Crippen molar-refractivity contribution in [2.75, 3.05) is 6.54 Å². The first-order valence-corrected chi connectivity index (χ1v) is 5.62. The minimum Gasteiger partial charge on any atom is -0.328 e. The fourth-order valence-corrected chi connectivity index (χ4v) is 2.28. The van der Waals surface area contributed by atoms with Gasteiger partial charge in [0.25, 0.3) is 0 Å². The number of likely N-dealkylation sites (tertiary alicyclic amines) is 1. The largest absolute Gasteiger partial charge is 0.328 e. The maximum atomic E-state index is 5.94. The van der Waals surface area contributed by atoms with Gasteiger partial charge in [-0.2, -0.15) is 5.10 Å². The zero-order valence-electron chi connectivity index (χ0n) is 9.56. The third kappa shape index (κ3) is 2.58. The van der Waals surface area contributed by atoms with Crippen LogP contribution in [-0.2, 0) is 13.6 Å². The lowest BCUT2D eigenvalue weighted by atomic mass is 9.99. The van der Waals surface area contributed by atoms with Crippen LogP contribution in [0.1, 0.15) is 25.3 Å². The van der Waals surface area contributed by atoms with Crippen molar-refractivity contribution in [3.8, 4) is 0 Å². The summed E-state index contributed by atoms with van der Waals surface area (Å²) in [6, 6.07) is 0.985. The number of aromatic nitrogens is 2. The van der Waals surface area contributed by atoms with Crippen molar-refractivity contribution in [3.05, 3.63) is 18.0 Å². The van der Waals surface area contributed by atoms with Gasteiger partial charge in [-0.1, -0.05) is 0 Å². The second-order valence-corrected chi connectivity index (χ2v) is 4.63. The SMILES string of the molecule is CC1CC(N)CCN1Cc1cnn(C)c1. The summed E-state index contributed by atoms with van der Waals surface area (Å²) in [7, 11) is 1.96. The van der Waals surface area contributed by atoms with Crippen LogP contribution >= 0.6 is 0 Å². The second-order valence-electron chi connectivity index (χ2n) is 4.63. The summed E-state index contributed by atoms with van der Waals surface area (Å²) >= 11 is 0. The number of nitrogens with zero attached hydrogens (tertiary/aromatic N) is 3. The van der Waals surface area contributed by atoms with Gasteiger partial charge in [-0.25, -0.2) is 0 Å². The Labute approximate surface area is 91.1 Å². The molecule has 0 spiro atoms. The minimum atomic E-state index is 0.394. The molecule has 15 heavy (non-hydrogen) atoms. The van der Waals surface area contributed by atoms with E-state index in [1.165, 1.54) is 5.56 Å². The van der Waals surface area contributed by atoms with E-state index in [4.69, 9.17) is 5.73 Å². The molecule has 2 heterocycles. The Morgan fingerprint density at radius 3 is 3.00 bits per heavy atom. The lowest BCUT2D eigenvalue weighted by molar-refractivity contribution is 0.140. The summed E-state index contributed by atoms with van der Waals surface area (Å²) in [4.78, 5) is 2.49. The third-order valence-corrected chi connectivity index (χ3v) is 3.20.